The van der Waals surface area contributed by atoms with Gasteiger partial charge in [-0.05, 0) is 32.0 Å². The van der Waals surface area contributed by atoms with Gasteiger partial charge in [0.15, 0.2) is 5.82 Å². The molecule has 3 rings (SSSR count). The third-order valence-corrected chi connectivity index (χ3v) is 5.19. The number of methoxy groups -OCH3 is 1. The Kier molecular flexibility index (Phi) is 6.83. The number of piperazine rings is 1. The molecule has 1 fully saturated rings. The Hall–Kier alpha value is -3.20. The van der Waals surface area contributed by atoms with E-state index in [1.807, 2.05) is 13.8 Å². The topological polar surface area (TPSA) is 86.8 Å². The van der Waals surface area contributed by atoms with Crippen molar-refractivity contribution in [2.75, 3.05) is 43.9 Å². The zero-order valence-electron chi connectivity index (χ0n) is 17.3. The van der Waals surface area contributed by atoms with Gasteiger partial charge >= 0.3 is 12.1 Å². The summed E-state index contributed by atoms with van der Waals surface area (Å²) in [5.74, 6) is -0.474. The molecule has 8 nitrogen and oxygen atoms in total. The number of pyridine rings is 1. The zero-order valence-corrected chi connectivity index (χ0v) is 17.3. The number of hydrogen-bond acceptors (Lipinski definition) is 5. The summed E-state index contributed by atoms with van der Waals surface area (Å²) in [6.07, 6.45) is 1.19. The van der Waals surface area contributed by atoms with Crippen LogP contribution in [0, 0.1) is 12.7 Å². The molecular weight excluding hydrogens is 389 g/mol. The molecule has 0 spiro atoms. The maximum atomic E-state index is 15.1. The molecule has 0 radical (unpaired) electrons. The van der Waals surface area contributed by atoms with Crippen molar-refractivity contribution in [1.82, 2.24) is 14.8 Å². The predicted molar refractivity (Wildman–Crippen MR) is 112 cm³/mol. The molecule has 1 aliphatic heterocycles. The summed E-state index contributed by atoms with van der Waals surface area (Å²) in [5.41, 5.74) is 1.94. The van der Waals surface area contributed by atoms with E-state index < -0.39 is 11.8 Å². The minimum absolute atomic E-state index is 0.102. The molecule has 0 bridgehead atoms. The number of urea groups is 1. The lowest BCUT2D eigenvalue weighted by Gasteiger charge is -2.37. The highest BCUT2D eigenvalue weighted by Gasteiger charge is 2.27. The quantitative estimate of drug-likeness (QED) is 0.797. The number of anilines is 2. The number of halogens is 1. The van der Waals surface area contributed by atoms with Gasteiger partial charge in [-0.25, -0.2) is 14.0 Å². The summed E-state index contributed by atoms with van der Waals surface area (Å²) in [6, 6.07) is 7.69. The highest BCUT2D eigenvalue weighted by Crippen LogP contribution is 2.28. The van der Waals surface area contributed by atoms with Crippen LogP contribution in [0.1, 0.15) is 24.2 Å². The molecular formula is C21H26FN5O3. The monoisotopic (exact) mass is 415 g/mol. The predicted octanol–water partition coefficient (Wildman–Crippen LogP) is 3.62. The molecule has 0 aliphatic carbocycles. The molecule has 1 atom stereocenters. The van der Waals surface area contributed by atoms with E-state index in [2.05, 4.69) is 20.5 Å². The molecule has 9 heteroatoms. The summed E-state index contributed by atoms with van der Waals surface area (Å²) < 4.78 is 19.9. The molecule has 160 valence electrons. The molecule has 1 aromatic heterocycles. The molecule has 1 aromatic carbocycles. The molecule has 0 saturated carbocycles. The van der Waals surface area contributed by atoms with Gasteiger partial charge in [0.2, 0.25) is 0 Å². The van der Waals surface area contributed by atoms with E-state index in [-0.39, 0.29) is 17.8 Å². The van der Waals surface area contributed by atoms with E-state index in [9.17, 15) is 9.59 Å². The van der Waals surface area contributed by atoms with E-state index in [0.29, 0.717) is 37.4 Å². The lowest BCUT2D eigenvalue weighted by Crippen LogP contribution is -2.49. The van der Waals surface area contributed by atoms with Gasteiger partial charge in [0.25, 0.3) is 0 Å². The standard InChI is InChI=1S/C21H26FN5O3/c1-14-7-8-16(13-23-14)24-20(28)25-18-6-4-5-17(19(18)22)15(2)26-9-11-27(12-10-26)21(29)30-3/h4-8,13,15H,9-12H2,1-3H3,(H2,24,25,28). The summed E-state index contributed by atoms with van der Waals surface area (Å²) in [7, 11) is 1.36. The van der Waals surface area contributed by atoms with Crippen LogP contribution in [0.3, 0.4) is 0 Å². The first-order chi connectivity index (χ1) is 14.4. The highest BCUT2D eigenvalue weighted by molar-refractivity contribution is 5.99. The summed E-state index contributed by atoms with van der Waals surface area (Å²) in [6.45, 7) is 6.00. The SMILES string of the molecule is COC(=O)N1CCN(C(C)c2cccc(NC(=O)Nc3ccc(C)nc3)c2F)CC1. The van der Waals surface area contributed by atoms with Gasteiger partial charge in [-0.15, -0.1) is 0 Å². The number of nitrogens with one attached hydrogen (secondary N) is 2. The summed E-state index contributed by atoms with van der Waals surface area (Å²) in [5, 5.41) is 5.20. The molecule has 2 heterocycles. The van der Waals surface area contributed by atoms with Crippen molar-refractivity contribution >= 4 is 23.5 Å². The largest absolute Gasteiger partial charge is 0.453 e. The summed E-state index contributed by atoms with van der Waals surface area (Å²) >= 11 is 0. The number of benzene rings is 1. The Morgan fingerprint density at radius 3 is 2.50 bits per heavy atom. The number of carbonyl (C=O) groups excluding carboxylic acids is 2. The van der Waals surface area contributed by atoms with Crippen LogP contribution in [-0.4, -0.2) is 60.2 Å². The first-order valence-corrected chi connectivity index (χ1v) is 9.75. The number of carbonyl (C=O) groups is 2. The van der Waals surface area contributed by atoms with Crippen molar-refractivity contribution in [3.63, 3.8) is 0 Å². The van der Waals surface area contributed by atoms with Crippen molar-refractivity contribution in [3.8, 4) is 0 Å². The lowest BCUT2D eigenvalue weighted by atomic mass is 10.0. The number of rotatable bonds is 4. The first kappa shape index (κ1) is 21.5. The number of nitrogens with zero attached hydrogens (tertiary/aromatic N) is 3. The van der Waals surface area contributed by atoms with Crippen molar-refractivity contribution in [2.45, 2.75) is 19.9 Å². The van der Waals surface area contributed by atoms with Gasteiger partial charge in [0, 0.05) is 43.5 Å². The third-order valence-electron chi connectivity index (χ3n) is 5.19. The average Bonchev–Trinajstić information content (AvgIpc) is 2.76. The second-order valence-corrected chi connectivity index (χ2v) is 7.15. The van der Waals surface area contributed by atoms with Crippen molar-refractivity contribution in [2.24, 2.45) is 0 Å². The molecule has 2 aromatic rings. The van der Waals surface area contributed by atoms with Crippen molar-refractivity contribution in [3.05, 3.63) is 53.6 Å². The van der Waals surface area contributed by atoms with Gasteiger partial charge in [0.05, 0.1) is 24.7 Å². The third kappa shape index (κ3) is 5.04. The van der Waals surface area contributed by atoms with Crippen molar-refractivity contribution < 1.29 is 18.7 Å². The smallest absolute Gasteiger partial charge is 0.409 e. The first-order valence-electron chi connectivity index (χ1n) is 9.75. The van der Waals surface area contributed by atoms with Crippen LogP contribution in [0.4, 0.5) is 25.4 Å². The number of aryl methyl sites for hydroxylation is 1. The summed E-state index contributed by atoms with van der Waals surface area (Å²) in [4.78, 5) is 31.7. The Balaban J connectivity index is 1.65. The molecule has 1 saturated heterocycles. The number of aromatic nitrogens is 1. The fourth-order valence-corrected chi connectivity index (χ4v) is 3.41. The highest BCUT2D eigenvalue weighted by atomic mass is 19.1. The van der Waals surface area contributed by atoms with Crippen LogP contribution in [0.2, 0.25) is 0 Å². The number of hydrogen-bond donors (Lipinski definition) is 2. The van der Waals surface area contributed by atoms with E-state index in [1.165, 1.54) is 19.4 Å². The lowest BCUT2D eigenvalue weighted by molar-refractivity contribution is 0.0771. The second kappa shape index (κ2) is 9.53. The molecule has 3 amide bonds. The van der Waals surface area contributed by atoms with E-state index in [0.717, 1.165) is 5.69 Å². The van der Waals surface area contributed by atoms with Crippen molar-refractivity contribution in [1.29, 1.82) is 0 Å². The van der Waals surface area contributed by atoms with Crippen LogP contribution in [0.5, 0.6) is 0 Å². The van der Waals surface area contributed by atoms with E-state index >= 15 is 4.39 Å². The van der Waals surface area contributed by atoms with Crippen LogP contribution >= 0.6 is 0 Å². The van der Waals surface area contributed by atoms with Gasteiger partial charge < -0.3 is 20.3 Å². The minimum Gasteiger partial charge on any atom is -0.453 e. The van der Waals surface area contributed by atoms with E-state index in [1.54, 1.807) is 29.2 Å². The van der Waals surface area contributed by atoms with Gasteiger partial charge in [-0.1, -0.05) is 12.1 Å². The zero-order chi connectivity index (χ0) is 21.7. The number of ether oxygens (including phenoxy) is 1. The van der Waals surface area contributed by atoms with Gasteiger partial charge in [-0.2, -0.15) is 0 Å². The average molecular weight is 415 g/mol. The fraction of sp³-hybridized carbons (Fsp3) is 0.381. The van der Waals surface area contributed by atoms with Crippen LogP contribution in [0.25, 0.3) is 0 Å². The molecule has 2 N–H and O–H groups in total. The van der Waals surface area contributed by atoms with Crippen LogP contribution < -0.4 is 10.6 Å². The minimum atomic E-state index is -0.545. The fourth-order valence-electron chi connectivity index (χ4n) is 3.41. The Morgan fingerprint density at radius 2 is 1.87 bits per heavy atom. The van der Waals surface area contributed by atoms with Gasteiger partial charge in [-0.3, -0.25) is 9.88 Å². The van der Waals surface area contributed by atoms with E-state index in [4.69, 9.17) is 4.74 Å². The van der Waals surface area contributed by atoms with Gasteiger partial charge in [0.1, 0.15) is 0 Å². The van der Waals surface area contributed by atoms with Crippen LogP contribution in [0.15, 0.2) is 36.5 Å². The Bertz CT molecular complexity index is 898. The normalized spacial score (nSPS) is 15.4. The van der Waals surface area contributed by atoms with Crippen LogP contribution in [-0.2, 0) is 4.74 Å². The Morgan fingerprint density at radius 1 is 1.13 bits per heavy atom. The molecule has 1 unspecified atom stereocenters. The molecule has 30 heavy (non-hydrogen) atoms. The second-order valence-electron chi connectivity index (χ2n) is 7.15. The molecule has 1 aliphatic rings. The maximum Gasteiger partial charge on any atom is 0.409 e. The maximum absolute atomic E-state index is 15.1. The Labute approximate surface area is 175 Å². The number of amides is 3.